The van der Waals surface area contributed by atoms with Gasteiger partial charge in [0.2, 0.25) is 0 Å². The van der Waals surface area contributed by atoms with Crippen molar-refractivity contribution in [2.75, 3.05) is 13.1 Å². The van der Waals surface area contributed by atoms with E-state index in [9.17, 15) is 8.78 Å². The standard InChI is InChI=1S/C12H15F2N/c1-8-6-12(14)10(7-11(8)13)9-2-4-15-5-3-9/h6-7,9,15H,2-5H2,1H3. The molecule has 1 aliphatic heterocycles. The summed E-state index contributed by atoms with van der Waals surface area (Å²) < 4.78 is 27.0. The molecule has 1 aromatic rings. The third-order valence-electron chi connectivity index (χ3n) is 3.06. The lowest BCUT2D eigenvalue weighted by Crippen LogP contribution is -2.27. The lowest BCUT2D eigenvalue weighted by Gasteiger charge is -2.23. The summed E-state index contributed by atoms with van der Waals surface area (Å²) in [4.78, 5) is 0. The molecule has 0 amide bonds. The average molecular weight is 211 g/mol. The molecular formula is C12H15F2N. The second kappa shape index (κ2) is 4.27. The fourth-order valence-corrected chi connectivity index (χ4v) is 2.11. The first-order valence-corrected chi connectivity index (χ1v) is 5.34. The molecule has 1 fully saturated rings. The molecule has 1 aliphatic rings. The molecule has 1 saturated heterocycles. The first-order chi connectivity index (χ1) is 7.18. The molecule has 0 atom stereocenters. The molecule has 82 valence electrons. The number of benzene rings is 1. The highest BCUT2D eigenvalue weighted by atomic mass is 19.1. The molecule has 1 aromatic carbocycles. The molecule has 1 heterocycles. The molecular weight excluding hydrogens is 196 g/mol. The van der Waals surface area contributed by atoms with E-state index in [4.69, 9.17) is 0 Å². The quantitative estimate of drug-likeness (QED) is 0.753. The highest BCUT2D eigenvalue weighted by molar-refractivity contribution is 5.28. The van der Waals surface area contributed by atoms with E-state index in [0.29, 0.717) is 11.1 Å². The van der Waals surface area contributed by atoms with E-state index in [1.165, 1.54) is 12.1 Å². The Morgan fingerprint density at radius 3 is 2.47 bits per heavy atom. The van der Waals surface area contributed by atoms with E-state index in [2.05, 4.69) is 5.32 Å². The fourth-order valence-electron chi connectivity index (χ4n) is 2.11. The summed E-state index contributed by atoms with van der Waals surface area (Å²) in [5.74, 6) is -0.396. The van der Waals surface area contributed by atoms with Crippen molar-refractivity contribution >= 4 is 0 Å². The predicted octanol–water partition coefficient (Wildman–Crippen LogP) is 2.74. The zero-order valence-corrected chi connectivity index (χ0v) is 8.82. The van der Waals surface area contributed by atoms with Crippen molar-refractivity contribution in [2.24, 2.45) is 0 Å². The van der Waals surface area contributed by atoms with Crippen molar-refractivity contribution in [3.8, 4) is 0 Å². The Bertz CT molecular complexity index is 357. The van der Waals surface area contributed by atoms with Crippen LogP contribution in [0.2, 0.25) is 0 Å². The Morgan fingerprint density at radius 2 is 1.80 bits per heavy atom. The Kier molecular flexibility index (Phi) is 3.00. The molecule has 0 spiro atoms. The number of rotatable bonds is 1. The van der Waals surface area contributed by atoms with Crippen LogP contribution in [0.5, 0.6) is 0 Å². The zero-order valence-electron chi connectivity index (χ0n) is 8.82. The molecule has 0 bridgehead atoms. The van der Waals surface area contributed by atoms with Crippen molar-refractivity contribution in [1.29, 1.82) is 0 Å². The second-order valence-corrected chi connectivity index (χ2v) is 4.15. The molecule has 0 unspecified atom stereocenters. The third kappa shape index (κ3) is 2.17. The van der Waals surface area contributed by atoms with Gasteiger partial charge in [0.25, 0.3) is 0 Å². The van der Waals surface area contributed by atoms with Crippen molar-refractivity contribution in [1.82, 2.24) is 5.32 Å². The zero-order chi connectivity index (χ0) is 10.8. The van der Waals surface area contributed by atoms with Crippen LogP contribution < -0.4 is 5.32 Å². The van der Waals surface area contributed by atoms with Gasteiger partial charge in [-0.3, -0.25) is 0 Å². The van der Waals surface area contributed by atoms with Crippen LogP contribution in [0.3, 0.4) is 0 Å². The first kappa shape index (κ1) is 10.6. The fraction of sp³-hybridized carbons (Fsp3) is 0.500. The summed E-state index contributed by atoms with van der Waals surface area (Å²) in [6, 6.07) is 2.66. The van der Waals surface area contributed by atoms with Crippen LogP contribution in [0.1, 0.15) is 29.9 Å². The highest BCUT2D eigenvalue weighted by Gasteiger charge is 2.19. The summed E-state index contributed by atoms with van der Waals surface area (Å²) >= 11 is 0. The van der Waals surface area contributed by atoms with Gasteiger partial charge in [-0.1, -0.05) is 0 Å². The summed E-state index contributed by atoms with van der Waals surface area (Å²) in [6.45, 7) is 3.36. The number of aryl methyl sites for hydroxylation is 1. The third-order valence-corrected chi connectivity index (χ3v) is 3.06. The smallest absolute Gasteiger partial charge is 0.127 e. The topological polar surface area (TPSA) is 12.0 Å². The summed E-state index contributed by atoms with van der Waals surface area (Å²) in [5, 5.41) is 3.21. The lowest BCUT2D eigenvalue weighted by molar-refractivity contribution is 0.442. The minimum absolute atomic E-state index is 0.168. The summed E-state index contributed by atoms with van der Waals surface area (Å²) in [5.41, 5.74) is 0.921. The molecule has 0 aromatic heterocycles. The summed E-state index contributed by atoms with van der Waals surface area (Å²) in [6.07, 6.45) is 1.78. The van der Waals surface area contributed by atoms with Crippen LogP contribution >= 0.6 is 0 Å². The van der Waals surface area contributed by atoms with E-state index in [0.717, 1.165) is 25.9 Å². The van der Waals surface area contributed by atoms with E-state index in [1.807, 2.05) is 0 Å². The minimum atomic E-state index is -0.301. The Balaban J connectivity index is 2.30. The molecule has 0 saturated carbocycles. The van der Waals surface area contributed by atoms with Crippen molar-refractivity contribution in [2.45, 2.75) is 25.7 Å². The molecule has 0 radical (unpaired) electrons. The molecule has 1 nitrogen and oxygen atoms in total. The number of hydrogen-bond donors (Lipinski definition) is 1. The van der Waals surface area contributed by atoms with E-state index in [-0.39, 0.29) is 17.6 Å². The van der Waals surface area contributed by atoms with Gasteiger partial charge in [0.1, 0.15) is 11.6 Å². The normalized spacial score (nSPS) is 18.1. The SMILES string of the molecule is Cc1cc(F)c(C2CCNCC2)cc1F. The van der Waals surface area contributed by atoms with Gasteiger partial charge >= 0.3 is 0 Å². The Hall–Kier alpha value is -0.960. The Morgan fingerprint density at radius 1 is 1.13 bits per heavy atom. The van der Waals surface area contributed by atoms with Crippen LogP contribution in [0.15, 0.2) is 12.1 Å². The predicted molar refractivity (Wildman–Crippen MR) is 55.9 cm³/mol. The van der Waals surface area contributed by atoms with Crippen LogP contribution in [-0.2, 0) is 0 Å². The molecule has 3 heteroatoms. The largest absolute Gasteiger partial charge is 0.317 e. The molecule has 0 aliphatic carbocycles. The molecule has 2 rings (SSSR count). The van der Waals surface area contributed by atoms with Crippen LogP contribution in [-0.4, -0.2) is 13.1 Å². The van der Waals surface area contributed by atoms with Gasteiger partial charge in [-0.15, -0.1) is 0 Å². The van der Waals surface area contributed by atoms with E-state index < -0.39 is 0 Å². The van der Waals surface area contributed by atoms with Gasteiger partial charge in [-0.05, 0) is 62.0 Å². The lowest BCUT2D eigenvalue weighted by atomic mass is 9.89. The van der Waals surface area contributed by atoms with Crippen LogP contribution in [0.4, 0.5) is 8.78 Å². The van der Waals surface area contributed by atoms with Crippen LogP contribution in [0.25, 0.3) is 0 Å². The molecule has 1 N–H and O–H groups in total. The van der Waals surface area contributed by atoms with Crippen molar-refractivity contribution in [3.05, 3.63) is 34.9 Å². The highest BCUT2D eigenvalue weighted by Crippen LogP contribution is 2.28. The average Bonchev–Trinajstić information content (AvgIpc) is 2.25. The number of piperidine rings is 1. The maximum atomic E-state index is 13.6. The van der Waals surface area contributed by atoms with Gasteiger partial charge < -0.3 is 5.32 Å². The van der Waals surface area contributed by atoms with Gasteiger partial charge in [-0.2, -0.15) is 0 Å². The maximum absolute atomic E-state index is 13.6. The monoisotopic (exact) mass is 211 g/mol. The minimum Gasteiger partial charge on any atom is -0.317 e. The van der Waals surface area contributed by atoms with Crippen molar-refractivity contribution in [3.63, 3.8) is 0 Å². The number of hydrogen-bond acceptors (Lipinski definition) is 1. The van der Waals surface area contributed by atoms with Crippen molar-refractivity contribution < 1.29 is 8.78 Å². The van der Waals surface area contributed by atoms with Crippen LogP contribution in [0, 0.1) is 18.6 Å². The second-order valence-electron chi connectivity index (χ2n) is 4.15. The summed E-state index contributed by atoms with van der Waals surface area (Å²) in [7, 11) is 0. The Labute approximate surface area is 88.5 Å². The number of halogens is 2. The number of nitrogens with one attached hydrogen (secondary N) is 1. The maximum Gasteiger partial charge on any atom is 0.127 e. The van der Waals surface area contributed by atoms with Gasteiger partial charge in [0.15, 0.2) is 0 Å². The van der Waals surface area contributed by atoms with Gasteiger partial charge in [-0.25, -0.2) is 8.78 Å². The van der Waals surface area contributed by atoms with Gasteiger partial charge in [0, 0.05) is 0 Å². The van der Waals surface area contributed by atoms with E-state index >= 15 is 0 Å². The first-order valence-electron chi connectivity index (χ1n) is 5.34. The molecule has 15 heavy (non-hydrogen) atoms. The van der Waals surface area contributed by atoms with Gasteiger partial charge in [0.05, 0.1) is 0 Å². The van der Waals surface area contributed by atoms with E-state index in [1.54, 1.807) is 6.92 Å².